The lowest BCUT2D eigenvalue weighted by Crippen LogP contribution is -2.07. The summed E-state index contributed by atoms with van der Waals surface area (Å²) >= 11 is 5.77. The Kier molecular flexibility index (Phi) is 3.64. The summed E-state index contributed by atoms with van der Waals surface area (Å²) in [6.07, 6.45) is 0. The first-order chi connectivity index (χ1) is 7.10. The van der Waals surface area contributed by atoms with Crippen LogP contribution >= 0.6 is 11.6 Å². The van der Waals surface area contributed by atoms with Gasteiger partial charge in [-0.2, -0.15) is 5.26 Å². The molecular formula is C10H9ClN2O2. The number of carbonyl (C=O) groups is 1. The molecule has 78 valence electrons. The Morgan fingerprint density at radius 2 is 2.40 bits per heavy atom. The monoisotopic (exact) mass is 224 g/mol. The molecule has 0 aliphatic rings. The van der Waals surface area contributed by atoms with E-state index in [-0.39, 0.29) is 17.3 Å². The number of hydrogen-bond acceptors (Lipinski definition) is 4. The van der Waals surface area contributed by atoms with E-state index in [0.717, 1.165) is 0 Å². The largest absolute Gasteiger partial charge is 0.462 e. The van der Waals surface area contributed by atoms with Crippen molar-refractivity contribution < 1.29 is 9.53 Å². The molecule has 0 bridgehead atoms. The predicted molar refractivity (Wildman–Crippen MR) is 54.7 cm³/mol. The van der Waals surface area contributed by atoms with Crippen molar-refractivity contribution in [2.45, 2.75) is 13.8 Å². The zero-order valence-electron chi connectivity index (χ0n) is 8.37. The lowest BCUT2D eigenvalue weighted by molar-refractivity contribution is 0.0526. The normalized spacial score (nSPS) is 9.47. The summed E-state index contributed by atoms with van der Waals surface area (Å²) in [6, 6.07) is 3.32. The smallest absolute Gasteiger partial charge is 0.341 e. The molecule has 1 heterocycles. The molecule has 4 nitrogen and oxygen atoms in total. The molecule has 0 amide bonds. The average molecular weight is 225 g/mol. The van der Waals surface area contributed by atoms with Gasteiger partial charge < -0.3 is 4.74 Å². The van der Waals surface area contributed by atoms with Crippen molar-refractivity contribution in [3.63, 3.8) is 0 Å². The second-order valence-corrected chi connectivity index (χ2v) is 3.15. The Balaban J connectivity index is 3.20. The van der Waals surface area contributed by atoms with Gasteiger partial charge in [-0.05, 0) is 19.9 Å². The molecule has 0 aliphatic heterocycles. The van der Waals surface area contributed by atoms with Crippen molar-refractivity contribution >= 4 is 17.6 Å². The quantitative estimate of drug-likeness (QED) is 0.570. The summed E-state index contributed by atoms with van der Waals surface area (Å²) in [7, 11) is 0. The lowest BCUT2D eigenvalue weighted by atomic mass is 10.1. The van der Waals surface area contributed by atoms with Gasteiger partial charge in [0.1, 0.15) is 11.2 Å². The maximum absolute atomic E-state index is 11.4. The van der Waals surface area contributed by atoms with E-state index >= 15 is 0 Å². The molecule has 0 fully saturated rings. The number of rotatable bonds is 2. The average Bonchev–Trinajstić information content (AvgIpc) is 2.18. The van der Waals surface area contributed by atoms with Crippen molar-refractivity contribution in [2.75, 3.05) is 6.61 Å². The number of hydrogen-bond donors (Lipinski definition) is 0. The van der Waals surface area contributed by atoms with Crippen LogP contribution in [0.15, 0.2) is 6.07 Å². The van der Waals surface area contributed by atoms with E-state index in [0.29, 0.717) is 11.3 Å². The molecule has 5 heteroatoms. The number of carbonyl (C=O) groups excluding carboxylic acids is 1. The van der Waals surface area contributed by atoms with Gasteiger partial charge in [-0.15, -0.1) is 0 Å². The first-order valence-corrected chi connectivity index (χ1v) is 4.72. The van der Waals surface area contributed by atoms with Gasteiger partial charge in [0, 0.05) is 0 Å². The fraction of sp³-hybridized carbons (Fsp3) is 0.300. The molecule has 1 rings (SSSR count). The Morgan fingerprint density at radius 1 is 1.73 bits per heavy atom. The van der Waals surface area contributed by atoms with Crippen LogP contribution in [-0.4, -0.2) is 17.6 Å². The van der Waals surface area contributed by atoms with Gasteiger partial charge in [0.05, 0.1) is 23.4 Å². The lowest BCUT2D eigenvalue weighted by Gasteiger charge is -2.05. The van der Waals surface area contributed by atoms with Crippen molar-refractivity contribution in [1.82, 2.24) is 4.98 Å². The third-order valence-corrected chi connectivity index (χ3v) is 2.07. The summed E-state index contributed by atoms with van der Waals surface area (Å²) in [4.78, 5) is 15.3. The number of nitrogens with zero attached hydrogens (tertiary/aromatic N) is 2. The molecule has 0 N–H and O–H groups in total. The van der Waals surface area contributed by atoms with Crippen molar-refractivity contribution in [1.29, 1.82) is 5.26 Å². The number of esters is 1. The maximum Gasteiger partial charge on any atom is 0.341 e. The summed E-state index contributed by atoms with van der Waals surface area (Å²) in [5, 5.41) is 8.82. The van der Waals surface area contributed by atoms with Gasteiger partial charge in [0.15, 0.2) is 0 Å². The van der Waals surface area contributed by atoms with Gasteiger partial charge in [0.25, 0.3) is 0 Å². The molecule has 0 aromatic carbocycles. The van der Waals surface area contributed by atoms with Gasteiger partial charge in [-0.3, -0.25) is 0 Å². The van der Waals surface area contributed by atoms with E-state index < -0.39 is 5.97 Å². The fourth-order valence-electron chi connectivity index (χ4n) is 1.04. The number of nitriles is 1. The Hall–Kier alpha value is -1.60. The minimum atomic E-state index is -0.563. The van der Waals surface area contributed by atoms with Crippen LogP contribution in [-0.2, 0) is 4.74 Å². The standard InChI is InChI=1S/C10H9ClN2O2/c1-3-15-10(14)8-4-7(5-12)6(2)13-9(8)11/h4H,3H2,1-2H3. The summed E-state index contributed by atoms with van der Waals surface area (Å²) in [5.74, 6) is -0.563. The molecule has 0 unspecified atom stereocenters. The Morgan fingerprint density at radius 3 is 2.93 bits per heavy atom. The van der Waals surface area contributed by atoms with Gasteiger partial charge in [-0.25, -0.2) is 9.78 Å². The van der Waals surface area contributed by atoms with Crippen LogP contribution < -0.4 is 0 Å². The van der Waals surface area contributed by atoms with Crippen molar-refractivity contribution in [3.8, 4) is 6.07 Å². The molecule has 0 atom stereocenters. The van der Waals surface area contributed by atoms with Crippen LogP contribution in [0.5, 0.6) is 0 Å². The van der Waals surface area contributed by atoms with Gasteiger partial charge in [0.2, 0.25) is 0 Å². The zero-order chi connectivity index (χ0) is 11.4. The molecule has 1 aromatic heterocycles. The van der Waals surface area contributed by atoms with Crippen LogP contribution in [0.25, 0.3) is 0 Å². The van der Waals surface area contributed by atoms with E-state index in [9.17, 15) is 4.79 Å². The highest BCUT2D eigenvalue weighted by Gasteiger charge is 2.15. The van der Waals surface area contributed by atoms with Crippen LogP contribution in [0.2, 0.25) is 5.15 Å². The third kappa shape index (κ3) is 2.45. The van der Waals surface area contributed by atoms with Gasteiger partial charge >= 0.3 is 5.97 Å². The van der Waals surface area contributed by atoms with E-state index in [4.69, 9.17) is 21.6 Å². The van der Waals surface area contributed by atoms with Crippen molar-refractivity contribution in [2.24, 2.45) is 0 Å². The van der Waals surface area contributed by atoms with E-state index in [1.54, 1.807) is 13.8 Å². The molecule has 15 heavy (non-hydrogen) atoms. The van der Waals surface area contributed by atoms with Crippen LogP contribution in [0, 0.1) is 18.3 Å². The topological polar surface area (TPSA) is 63.0 Å². The molecule has 0 saturated carbocycles. The van der Waals surface area contributed by atoms with E-state index in [1.165, 1.54) is 6.07 Å². The summed E-state index contributed by atoms with van der Waals surface area (Å²) in [5.41, 5.74) is 0.943. The SMILES string of the molecule is CCOC(=O)c1cc(C#N)c(C)nc1Cl. The van der Waals surface area contributed by atoms with E-state index in [1.807, 2.05) is 6.07 Å². The summed E-state index contributed by atoms with van der Waals surface area (Å²) < 4.78 is 4.78. The minimum absolute atomic E-state index is 0.0601. The highest BCUT2D eigenvalue weighted by atomic mass is 35.5. The van der Waals surface area contributed by atoms with E-state index in [2.05, 4.69) is 4.98 Å². The predicted octanol–water partition coefficient (Wildman–Crippen LogP) is 2.09. The Labute approximate surface area is 92.4 Å². The molecule has 0 aliphatic carbocycles. The third-order valence-electron chi connectivity index (χ3n) is 1.78. The van der Waals surface area contributed by atoms with Crippen LogP contribution in [0.4, 0.5) is 0 Å². The Bertz CT molecular complexity index is 438. The molecule has 0 saturated heterocycles. The van der Waals surface area contributed by atoms with Crippen LogP contribution in [0.1, 0.15) is 28.5 Å². The van der Waals surface area contributed by atoms with Gasteiger partial charge in [-0.1, -0.05) is 11.6 Å². The minimum Gasteiger partial charge on any atom is -0.462 e. The maximum atomic E-state index is 11.4. The number of aromatic nitrogens is 1. The number of ether oxygens (including phenoxy) is 1. The molecule has 0 radical (unpaired) electrons. The first-order valence-electron chi connectivity index (χ1n) is 4.34. The second kappa shape index (κ2) is 4.76. The summed E-state index contributed by atoms with van der Waals surface area (Å²) in [6.45, 7) is 3.60. The van der Waals surface area contributed by atoms with Crippen LogP contribution in [0.3, 0.4) is 0 Å². The highest BCUT2D eigenvalue weighted by Crippen LogP contribution is 2.18. The number of aryl methyl sites for hydroxylation is 1. The zero-order valence-corrected chi connectivity index (χ0v) is 9.13. The highest BCUT2D eigenvalue weighted by molar-refractivity contribution is 6.32. The van der Waals surface area contributed by atoms with Crippen molar-refractivity contribution in [3.05, 3.63) is 28.0 Å². The molecule has 1 aromatic rings. The molecular weight excluding hydrogens is 216 g/mol. The fourth-order valence-corrected chi connectivity index (χ4v) is 1.30. The molecule has 0 spiro atoms. The number of halogens is 1. The second-order valence-electron chi connectivity index (χ2n) is 2.79. The first kappa shape index (κ1) is 11.5. The number of pyridine rings is 1.